The van der Waals surface area contributed by atoms with E-state index in [0.29, 0.717) is 11.4 Å². The second-order valence-corrected chi connectivity index (χ2v) is 3.75. The highest BCUT2D eigenvalue weighted by Crippen LogP contribution is 2.09. The second-order valence-electron chi connectivity index (χ2n) is 3.75. The van der Waals surface area contributed by atoms with Gasteiger partial charge < -0.3 is 5.73 Å². The van der Waals surface area contributed by atoms with Gasteiger partial charge in [0.2, 0.25) is 0 Å². The Balaban J connectivity index is 2.72. The highest BCUT2D eigenvalue weighted by Gasteiger charge is 2.10. The Morgan fingerprint density at radius 2 is 1.88 bits per heavy atom. The highest BCUT2D eigenvalue weighted by atomic mass is 16.1. The number of nitrogen functional groups attached to an aromatic ring is 1. The van der Waals surface area contributed by atoms with Gasteiger partial charge in [-0.1, -0.05) is 18.2 Å². The summed E-state index contributed by atoms with van der Waals surface area (Å²) in [6.07, 6.45) is 1.52. The van der Waals surface area contributed by atoms with Crippen molar-refractivity contribution in [1.29, 1.82) is 0 Å². The SMILES string of the molecule is CC(=O)c1cc(N)cn(-c2ccccc2)c1=O. The summed E-state index contributed by atoms with van der Waals surface area (Å²) in [7, 11) is 0. The van der Waals surface area contributed by atoms with E-state index in [9.17, 15) is 9.59 Å². The number of benzene rings is 1. The first kappa shape index (κ1) is 11.1. The molecule has 0 aliphatic heterocycles. The second kappa shape index (κ2) is 4.25. The zero-order chi connectivity index (χ0) is 12.4. The van der Waals surface area contributed by atoms with E-state index < -0.39 is 0 Å². The molecular formula is C13H12N2O2. The molecule has 17 heavy (non-hydrogen) atoms. The molecule has 2 N–H and O–H groups in total. The van der Waals surface area contributed by atoms with Crippen LogP contribution in [0.4, 0.5) is 5.69 Å². The maximum Gasteiger partial charge on any atom is 0.266 e. The summed E-state index contributed by atoms with van der Waals surface area (Å²) in [5.41, 5.74) is 6.52. The molecule has 0 fully saturated rings. The summed E-state index contributed by atoms with van der Waals surface area (Å²) in [6, 6.07) is 10.5. The molecule has 1 aromatic heterocycles. The van der Waals surface area contributed by atoms with Crippen molar-refractivity contribution in [2.45, 2.75) is 6.92 Å². The van der Waals surface area contributed by atoms with Crippen molar-refractivity contribution in [3.63, 3.8) is 0 Å². The molecular weight excluding hydrogens is 216 g/mol. The maximum atomic E-state index is 12.0. The van der Waals surface area contributed by atoms with Crippen LogP contribution in [0.15, 0.2) is 47.4 Å². The standard InChI is InChI=1S/C13H12N2O2/c1-9(16)12-7-10(14)8-15(13(12)17)11-5-3-2-4-6-11/h2-8H,14H2,1H3. The molecule has 0 aliphatic rings. The number of pyridine rings is 1. The highest BCUT2D eigenvalue weighted by molar-refractivity contribution is 5.94. The van der Waals surface area contributed by atoms with Crippen LogP contribution in [0, 0.1) is 0 Å². The molecule has 0 amide bonds. The van der Waals surface area contributed by atoms with E-state index in [1.807, 2.05) is 18.2 Å². The van der Waals surface area contributed by atoms with Gasteiger partial charge in [-0.3, -0.25) is 14.2 Å². The normalized spacial score (nSPS) is 10.2. The van der Waals surface area contributed by atoms with Gasteiger partial charge in [0, 0.05) is 17.6 Å². The lowest BCUT2D eigenvalue weighted by Crippen LogP contribution is -2.24. The van der Waals surface area contributed by atoms with Crippen molar-refractivity contribution in [1.82, 2.24) is 4.57 Å². The maximum absolute atomic E-state index is 12.0. The van der Waals surface area contributed by atoms with Gasteiger partial charge >= 0.3 is 0 Å². The molecule has 2 aromatic rings. The van der Waals surface area contributed by atoms with Crippen molar-refractivity contribution >= 4 is 11.5 Å². The lowest BCUT2D eigenvalue weighted by Gasteiger charge is -2.08. The lowest BCUT2D eigenvalue weighted by atomic mass is 10.2. The number of nitrogens with two attached hydrogens (primary N) is 1. The zero-order valence-corrected chi connectivity index (χ0v) is 9.38. The van der Waals surface area contributed by atoms with Gasteiger partial charge in [-0.15, -0.1) is 0 Å². The van der Waals surface area contributed by atoms with Crippen molar-refractivity contribution in [3.05, 3.63) is 58.5 Å². The molecule has 0 aliphatic carbocycles. The topological polar surface area (TPSA) is 65.1 Å². The molecule has 1 heterocycles. The number of Topliss-reactive ketones (excluding diaryl/α,β-unsaturated/α-hetero) is 1. The number of anilines is 1. The third-order valence-corrected chi connectivity index (χ3v) is 2.45. The van der Waals surface area contributed by atoms with E-state index in [2.05, 4.69) is 0 Å². The third kappa shape index (κ3) is 2.10. The Bertz CT molecular complexity index is 615. The van der Waals surface area contributed by atoms with Crippen LogP contribution in [-0.4, -0.2) is 10.4 Å². The molecule has 0 saturated carbocycles. The van der Waals surface area contributed by atoms with Gasteiger partial charge in [-0.25, -0.2) is 0 Å². The summed E-state index contributed by atoms with van der Waals surface area (Å²) in [6.45, 7) is 1.35. The van der Waals surface area contributed by atoms with Crippen molar-refractivity contribution in [3.8, 4) is 5.69 Å². The summed E-state index contributed by atoms with van der Waals surface area (Å²) in [5, 5.41) is 0. The fourth-order valence-corrected chi connectivity index (χ4v) is 1.64. The van der Waals surface area contributed by atoms with Crippen LogP contribution in [-0.2, 0) is 0 Å². The Morgan fingerprint density at radius 3 is 2.47 bits per heavy atom. The summed E-state index contributed by atoms with van der Waals surface area (Å²) >= 11 is 0. The number of ketones is 1. The number of para-hydroxylation sites is 1. The van der Waals surface area contributed by atoms with Crippen LogP contribution in [0.5, 0.6) is 0 Å². The van der Waals surface area contributed by atoms with Gasteiger partial charge in [-0.05, 0) is 25.1 Å². The van der Waals surface area contributed by atoms with Crippen LogP contribution < -0.4 is 11.3 Å². The monoisotopic (exact) mass is 228 g/mol. The molecule has 4 nitrogen and oxygen atoms in total. The Labute approximate surface area is 98.3 Å². The average molecular weight is 228 g/mol. The third-order valence-electron chi connectivity index (χ3n) is 2.45. The number of nitrogens with zero attached hydrogens (tertiary/aromatic N) is 1. The molecule has 0 atom stereocenters. The fraction of sp³-hybridized carbons (Fsp3) is 0.0769. The first-order valence-electron chi connectivity index (χ1n) is 5.18. The minimum Gasteiger partial charge on any atom is -0.398 e. The fourth-order valence-electron chi connectivity index (χ4n) is 1.64. The van der Waals surface area contributed by atoms with Crippen LogP contribution in [0.25, 0.3) is 5.69 Å². The van der Waals surface area contributed by atoms with E-state index >= 15 is 0 Å². The summed E-state index contributed by atoms with van der Waals surface area (Å²) < 4.78 is 1.38. The summed E-state index contributed by atoms with van der Waals surface area (Å²) in [4.78, 5) is 23.4. The minimum absolute atomic E-state index is 0.105. The Hall–Kier alpha value is -2.36. The number of aromatic nitrogens is 1. The quantitative estimate of drug-likeness (QED) is 0.794. The number of carbonyl (C=O) groups excluding carboxylic acids is 1. The number of hydrogen-bond acceptors (Lipinski definition) is 3. The molecule has 0 spiro atoms. The molecule has 0 bridgehead atoms. The Morgan fingerprint density at radius 1 is 1.24 bits per heavy atom. The van der Waals surface area contributed by atoms with Crippen molar-refractivity contribution in [2.24, 2.45) is 0 Å². The van der Waals surface area contributed by atoms with E-state index in [4.69, 9.17) is 5.73 Å². The number of rotatable bonds is 2. The number of hydrogen-bond donors (Lipinski definition) is 1. The first-order chi connectivity index (χ1) is 8.09. The zero-order valence-electron chi connectivity index (χ0n) is 9.38. The van der Waals surface area contributed by atoms with E-state index in [1.54, 1.807) is 12.1 Å². The van der Waals surface area contributed by atoms with Crippen LogP contribution in [0.2, 0.25) is 0 Å². The Kier molecular flexibility index (Phi) is 2.78. The summed E-state index contributed by atoms with van der Waals surface area (Å²) in [5.74, 6) is -0.285. The molecule has 1 aromatic carbocycles. The average Bonchev–Trinajstić information content (AvgIpc) is 2.32. The molecule has 86 valence electrons. The predicted molar refractivity (Wildman–Crippen MR) is 66.5 cm³/mol. The van der Waals surface area contributed by atoms with Gasteiger partial charge in [0.15, 0.2) is 5.78 Å². The van der Waals surface area contributed by atoms with Crippen molar-refractivity contribution < 1.29 is 4.79 Å². The smallest absolute Gasteiger partial charge is 0.266 e. The largest absolute Gasteiger partial charge is 0.398 e. The predicted octanol–water partition coefficient (Wildman–Crippen LogP) is 1.62. The molecule has 0 unspecified atom stereocenters. The molecule has 0 radical (unpaired) electrons. The van der Waals surface area contributed by atoms with Crippen molar-refractivity contribution in [2.75, 3.05) is 5.73 Å². The van der Waals surface area contributed by atoms with Gasteiger partial charge in [0.25, 0.3) is 5.56 Å². The molecule has 0 saturated heterocycles. The van der Waals surface area contributed by atoms with Gasteiger partial charge in [0.05, 0.1) is 5.56 Å². The van der Waals surface area contributed by atoms with Gasteiger partial charge in [-0.2, -0.15) is 0 Å². The first-order valence-corrected chi connectivity index (χ1v) is 5.18. The lowest BCUT2D eigenvalue weighted by molar-refractivity contribution is 0.101. The van der Waals surface area contributed by atoms with E-state index in [-0.39, 0.29) is 16.9 Å². The molecule has 4 heteroatoms. The molecule has 2 rings (SSSR count). The van der Waals surface area contributed by atoms with Crippen LogP contribution in [0.1, 0.15) is 17.3 Å². The van der Waals surface area contributed by atoms with Gasteiger partial charge in [0.1, 0.15) is 0 Å². The van der Waals surface area contributed by atoms with E-state index in [0.717, 1.165) is 0 Å². The number of carbonyl (C=O) groups is 1. The van der Waals surface area contributed by atoms with Crippen LogP contribution >= 0.6 is 0 Å². The van der Waals surface area contributed by atoms with E-state index in [1.165, 1.54) is 23.8 Å². The van der Waals surface area contributed by atoms with Crippen LogP contribution in [0.3, 0.4) is 0 Å². The minimum atomic E-state index is -0.349.